The minimum absolute atomic E-state index is 0.0809. The van der Waals surface area contributed by atoms with Crippen LogP contribution in [0.4, 0.5) is 0 Å². The molecule has 1 aromatic carbocycles. The molecule has 1 heterocycles. The lowest BCUT2D eigenvalue weighted by atomic mass is 10.1. The van der Waals surface area contributed by atoms with E-state index in [-0.39, 0.29) is 17.9 Å². The molecular formula is C18H26N2O4. The molecule has 1 saturated heterocycles. The Morgan fingerprint density at radius 1 is 1.33 bits per heavy atom. The molecule has 1 aliphatic heterocycles. The van der Waals surface area contributed by atoms with Crippen LogP contribution in [0.15, 0.2) is 18.2 Å². The van der Waals surface area contributed by atoms with E-state index in [4.69, 9.17) is 9.47 Å². The first-order valence-corrected chi connectivity index (χ1v) is 8.35. The quantitative estimate of drug-likeness (QED) is 0.866. The van der Waals surface area contributed by atoms with Gasteiger partial charge in [0.2, 0.25) is 5.91 Å². The summed E-state index contributed by atoms with van der Waals surface area (Å²) in [5, 5.41) is 2.97. The summed E-state index contributed by atoms with van der Waals surface area (Å²) in [6, 6.07) is 4.77. The molecule has 0 bridgehead atoms. The van der Waals surface area contributed by atoms with Crippen molar-refractivity contribution in [1.29, 1.82) is 0 Å². The van der Waals surface area contributed by atoms with Gasteiger partial charge in [-0.25, -0.2) is 0 Å². The van der Waals surface area contributed by atoms with Crippen molar-refractivity contribution in [3.05, 3.63) is 23.8 Å². The normalized spacial score (nSPS) is 18.2. The van der Waals surface area contributed by atoms with E-state index >= 15 is 0 Å². The highest BCUT2D eigenvalue weighted by Gasteiger charge is 2.35. The molecule has 1 aromatic rings. The van der Waals surface area contributed by atoms with Gasteiger partial charge in [-0.3, -0.25) is 9.59 Å². The van der Waals surface area contributed by atoms with Crippen LogP contribution >= 0.6 is 0 Å². The predicted molar refractivity (Wildman–Crippen MR) is 91.5 cm³/mol. The predicted octanol–water partition coefficient (Wildman–Crippen LogP) is 2.22. The van der Waals surface area contributed by atoms with Crippen LogP contribution in [0, 0.1) is 0 Å². The van der Waals surface area contributed by atoms with E-state index in [0.29, 0.717) is 30.0 Å². The minimum Gasteiger partial charge on any atom is -0.497 e. The molecule has 1 aliphatic rings. The van der Waals surface area contributed by atoms with Gasteiger partial charge in [0.05, 0.1) is 19.8 Å². The van der Waals surface area contributed by atoms with E-state index in [2.05, 4.69) is 5.32 Å². The number of ether oxygens (including phenoxy) is 2. The lowest BCUT2D eigenvalue weighted by Gasteiger charge is -2.26. The topological polar surface area (TPSA) is 67.9 Å². The lowest BCUT2D eigenvalue weighted by molar-refractivity contribution is -0.125. The number of hydrogen-bond donors (Lipinski definition) is 1. The standard InChI is InChI=1S/C18H26N2O4/c1-5-12(2)19-17(21)15-7-6-10-20(15)18(22)14-9-8-13(23-3)11-16(14)24-4/h8-9,11-12,15H,5-7,10H2,1-4H3,(H,19,21). The molecule has 6 heteroatoms. The fraction of sp³-hybridized carbons (Fsp3) is 0.556. The van der Waals surface area contributed by atoms with Crippen molar-refractivity contribution in [2.75, 3.05) is 20.8 Å². The molecule has 1 fully saturated rings. The Balaban J connectivity index is 2.20. The fourth-order valence-electron chi connectivity index (χ4n) is 2.85. The zero-order valence-electron chi connectivity index (χ0n) is 14.8. The van der Waals surface area contributed by atoms with E-state index in [0.717, 1.165) is 12.8 Å². The smallest absolute Gasteiger partial charge is 0.258 e. The maximum atomic E-state index is 12.9. The number of amides is 2. The van der Waals surface area contributed by atoms with Gasteiger partial charge in [0.1, 0.15) is 17.5 Å². The number of hydrogen-bond acceptors (Lipinski definition) is 4. The third-order valence-electron chi connectivity index (χ3n) is 4.46. The van der Waals surface area contributed by atoms with Crippen LogP contribution in [0.2, 0.25) is 0 Å². The largest absolute Gasteiger partial charge is 0.497 e. The number of benzene rings is 1. The van der Waals surface area contributed by atoms with Crippen LogP contribution in [-0.2, 0) is 4.79 Å². The molecule has 0 radical (unpaired) electrons. The number of carbonyl (C=O) groups excluding carboxylic acids is 2. The third kappa shape index (κ3) is 3.80. The van der Waals surface area contributed by atoms with Crippen molar-refractivity contribution in [2.45, 2.75) is 45.2 Å². The summed E-state index contributed by atoms with van der Waals surface area (Å²) in [6.45, 7) is 4.56. The molecule has 2 rings (SSSR count). The van der Waals surface area contributed by atoms with E-state index < -0.39 is 6.04 Å². The molecule has 2 unspecified atom stereocenters. The molecular weight excluding hydrogens is 308 g/mol. The van der Waals surface area contributed by atoms with Crippen molar-refractivity contribution in [2.24, 2.45) is 0 Å². The number of methoxy groups -OCH3 is 2. The van der Waals surface area contributed by atoms with Crippen molar-refractivity contribution in [1.82, 2.24) is 10.2 Å². The minimum atomic E-state index is -0.418. The Hall–Kier alpha value is -2.24. The summed E-state index contributed by atoms with van der Waals surface area (Å²) in [6.07, 6.45) is 2.37. The summed E-state index contributed by atoms with van der Waals surface area (Å²) >= 11 is 0. The average molecular weight is 334 g/mol. The van der Waals surface area contributed by atoms with E-state index in [1.54, 1.807) is 30.2 Å². The maximum absolute atomic E-state index is 12.9. The number of likely N-dealkylation sites (tertiary alicyclic amines) is 1. The first kappa shape index (κ1) is 18.1. The fourth-order valence-corrected chi connectivity index (χ4v) is 2.85. The Bertz CT molecular complexity index is 603. The first-order valence-electron chi connectivity index (χ1n) is 8.35. The van der Waals surface area contributed by atoms with E-state index in [1.165, 1.54) is 7.11 Å². The van der Waals surface area contributed by atoms with Gasteiger partial charge < -0.3 is 19.7 Å². The van der Waals surface area contributed by atoms with Crippen LogP contribution in [0.1, 0.15) is 43.5 Å². The monoisotopic (exact) mass is 334 g/mol. The van der Waals surface area contributed by atoms with Crippen LogP contribution < -0.4 is 14.8 Å². The maximum Gasteiger partial charge on any atom is 0.258 e. The van der Waals surface area contributed by atoms with Gasteiger partial charge in [0.15, 0.2) is 0 Å². The molecule has 1 N–H and O–H groups in total. The van der Waals surface area contributed by atoms with E-state index in [9.17, 15) is 9.59 Å². The van der Waals surface area contributed by atoms with Crippen LogP contribution in [0.5, 0.6) is 11.5 Å². The Morgan fingerprint density at radius 2 is 2.08 bits per heavy atom. The molecule has 24 heavy (non-hydrogen) atoms. The number of carbonyl (C=O) groups is 2. The van der Waals surface area contributed by atoms with Gasteiger partial charge in [-0.05, 0) is 38.3 Å². The van der Waals surface area contributed by atoms with Gasteiger partial charge in [0.25, 0.3) is 5.91 Å². The molecule has 132 valence electrons. The average Bonchev–Trinajstić information content (AvgIpc) is 3.10. The summed E-state index contributed by atoms with van der Waals surface area (Å²) < 4.78 is 10.5. The molecule has 0 saturated carbocycles. The molecule has 2 atom stereocenters. The molecule has 0 spiro atoms. The summed E-state index contributed by atoms with van der Waals surface area (Å²) in [5.74, 6) is 0.808. The Morgan fingerprint density at radius 3 is 2.71 bits per heavy atom. The second-order valence-electron chi connectivity index (χ2n) is 6.04. The van der Waals surface area contributed by atoms with Crippen molar-refractivity contribution >= 4 is 11.8 Å². The number of rotatable bonds is 6. The van der Waals surface area contributed by atoms with E-state index in [1.807, 2.05) is 13.8 Å². The Kier molecular flexibility index (Phi) is 6.06. The van der Waals surface area contributed by atoms with Crippen molar-refractivity contribution < 1.29 is 19.1 Å². The van der Waals surface area contributed by atoms with Gasteiger partial charge in [0, 0.05) is 18.7 Å². The second kappa shape index (κ2) is 8.04. The molecule has 0 aliphatic carbocycles. The molecule has 2 amide bonds. The van der Waals surface area contributed by atoms with Crippen molar-refractivity contribution in [3.8, 4) is 11.5 Å². The lowest BCUT2D eigenvalue weighted by Crippen LogP contribution is -2.48. The zero-order valence-corrected chi connectivity index (χ0v) is 14.8. The number of nitrogens with one attached hydrogen (secondary N) is 1. The third-order valence-corrected chi connectivity index (χ3v) is 4.46. The van der Waals surface area contributed by atoms with Gasteiger partial charge in [-0.2, -0.15) is 0 Å². The first-order chi connectivity index (χ1) is 11.5. The highest BCUT2D eigenvalue weighted by atomic mass is 16.5. The van der Waals surface area contributed by atoms with Gasteiger partial charge in [-0.15, -0.1) is 0 Å². The molecule has 0 aromatic heterocycles. The highest BCUT2D eigenvalue weighted by molar-refractivity contribution is 6.00. The van der Waals surface area contributed by atoms with Crippen LogP contribution in [0.3, 0.4) is 0 Å². The number of nitrogens with zero attached hydrogens (tertiary/aromatic N) is 1. The SMILES string of the molecule is CCC(C)NC(=O)C1CCCN1C(=O)c1ccc(OC)cc1OC. The Labute approximate surface area is 143 Å². The highest BCUT2D eigenvalue weighted by Crippen LogP contribution is 2.28. The summed E-state index contributed by atoms with van der Waals surface area (Å²) in [5.41, 5.74) is 0.446. The summed E-state index contributed by atoms with van der Waals surface area (Å²) in [7, 11) is 3.08. The van der Waals surface area contributed by atoms with Crippen LogP contribution in [-0.4, -0.2) is 49.6 Å². The van der Waals surface area contributed by atoms with Gasteiger partial charge >= 0.3 is 0 Å². The summed E-state index contributed by atoms with van der Waals surface area (Å²) in [4.78, 5) is 27.0. The van der Waals surface area contributed by atoms with Gasteiger partial charge in [-0.1, -0.05) is 6.92 Å². The van der Waals surface area contributed by atoms with Crippen molar-refractivity contribution in [3.63, 3.8) is 0 Å². The second-order valence-corrected chi connectivity index (χ2v) is 6.04. The zero-order chi connectivity index (χ0) is 17.7. The molecule has 6 nitrogen and oxygen atoms in total. The van der Waals surface area contributed by atoms with Crippen LogP contribution in [0.25, 0.3) is 0 Å².